The molecule has 0 bridgehead atoms. The van der Waals surface area contributed by atoms with E-state index in [-0.39, 0.29) is 34.6 Å². The van der Waals surface area contributed by atoms with E-state index in [9.17, 15) is 24.9 Å². The molecule has 2 rings (SSSR count). The van der Waals surface area contributed by atoms with Crippen LogP contribution in [-0.2, 0) is 6.42 Å². The van der Waals surface area contributed by atoms with Crippen LogP contribution in [0.5, 0.6) is 17.2 Å². The third-order valence-corrected chi connectivity index (χ3v) is 3.82. The number of phenols is 3. The molecule has 0 aliphatic rings. The van der Waals surface area contributed by atoms with Gasteiger partial charge in [-0.3, -0.25) is 9.59 Å². The molecule has 0 fully saturated rings. The lowest BCUT2D eigenvalue weighted by Crippen LogP contribution is -2.04. The number of benzene rings is 2. The number of carbonyl (C=O) groups excluding carboxylic acids is 2. The Bertz CT molecular complexity index is 886. The minimum Gasteiger partial charge on any atom is -0.508 e. The molecule has 5 nitrogen and oxygen atoms in total. The fourth-order valence-corrected chi connectivity index (χ4v) is 2.42. The maximum absolute atomic E-state index is 12.5. The summed E-state index contributed by atoms with van der Waals surface area (Å²) < 4.78 is 0. The number of phenolic OH excluding ortho intramolecular Hbond substituents is 3. The first kappa shape index (κ1) is 19.0. The van der Waals surface area contributed by atoms with Crippen molar-refractivity contribution < 1.29 is 24.9 Å². The highest BCUT2D eigenvalue weighted by molar-refractivity contribution is 6.13. The molecule has 0 aliphatic heterocycles. The van der Waals surface area contributed by atoms with E-state index in [0.717, 1.165) is 5.57 Å². The molecule has 26 heavy (non-hydrogen) atoms. The van der Waals surface area contributed by atoms with E-state index in [1.54, 1.807) is 18.2 Å². The van der Waals surface area contributed by atoms with Crippen molar-refractivity contribution in [3.63, 3.8) is 0 Å². The summed E-state index contributed by atoms with van der Waals surface area (Å²) in [6.07, 6.45) is 5.21. The zero-order chi connectivity index (χ0) is 19.3. The molecule has 2 aromatic rings. The fraction of sp³-hybridized carbons (Fsp3) is 0.143. The minimum absolute atomic E-state index is 0.0821. The first-order valence-corrected chi connectivity index (χ1v) is 8.01. The molecule has 0 radical (unpaired) electrons. The average molecular weight is 352 g/mol. The largest absolute Gasteiger partial charge is 0.508 e. The van der Waals surface area contributed by atoms with Crippen LogP contribution >= 0.6 is 0 Å². The van der Waals surface area contributed by atoms with E-state index < -0.39 is 11.5 Å². The highest BCUT2D eigenvalue weighted by Gasteiger charge is 2.20. The second-order valence-corrected chi connectivity index (χ2v) is 6.08. The van der Waals surface area contributed by atoms with Gasteiger partial charge in [-0.05, 0) is 50.1 Å². The van der Waals surface area contributed by atoms with Crippen molar-refractivity contribution in [2.75, 3.05) is 0 Å². The number of hydrogen-bond donors (Lipinski definition) is 3. The van der Waals surface area contributed by atoms with Gasteiger partial charge in [-0.25, -0.2) is 0 Å². The van der Waals surface area contributed by atoms with E-state index in [0.29, 0.717) is 11.8 Å². The highest BCUT2D eigenvalue weighted by atomic mass is 16.3. The molecule has 0 saturated carbocycles. The molecular formula is C21H20O5. The maximum Gasteiger partial charge on any atom is 0.190 e. The topological polar surface area (TPSA) is 94.8 Å². The lowest BCUT2D eigenvalue weighted by Gasteiger charge is -2.11. The summed E-state index contributed by atoms with van der Waals surface area (Å²) >= 11 is 0. The zero-order valence-corrected chi connectivity index (χ0v) is 14.6. The van der Waals surface area contributed by atoms with Crippen molar-refractivity contribution in [2.24, 2.45) is 0 Å². The lowest BCUT2D eigenvalue weighted by atomic mass is 9.96. The van der Waals surface area contributed by atoms with Crippen LogP contribution in [0.1, 0.15) is 45.7 Å². The molecule has 0 aromatic heterocycles. The summed E-state index contributed by atoms with van der Waals surface area (Å²) in [4.78, 5) is 23.8. The van der Waals surface area contributed by atoms with Crippen molar-refractivity contribution >= 4 is 18.1 Å². The Morgan fingerprint density at radius 3 is 2.31 bits per heavy atom. The molecular weight excluding hydrogens is 332 g/mol. The first-order valence-electron chi connectivity index (χ1n) is 8.01. The first-order chi connectivity index (χ1) is 12.3. The summed E-state index contributed by atoms with van der Waals surface area (Å²) in [5.74, 6) is -1.08. The quantitative estimate of drug-likeness (QED) is 0.316. The molecule has 0 unspecified atom stereocenters. The molecule has 0 amide bonds. The van der Waals surface area contributed by atoms with Crippen LogP contribution in [0.25, 0.3) is 6.08 Å². The monoisotopic (exact) mass is 352 g/mol. The number of rotatable bonds is 6. The van der Waals surface area contributed by atoms with Gasteiger partial charge in [0.05, 0.1) is 5.56 Å². The van der Waals surface area contributed by atoms with Crippen molar-refractivity contribution in [1.82, 2.24) is 0 Å². The predicted molar refractivity (Wildman–Crippen MR) is 99.8 cm³/mol. The molecule has 0 aliphatic carbocycles. The Morgan fingerprint density at radius 1 is 1.08 bits per heavy atom. The smallest absolute Gasteiger partial charge is 0.190 e. The number of hydrogen-bond acceptors (Lipinski definition) is 5. The van der Waals surface area contributed by atoms with Gasteiger partial charge < -0.3 is 15.3 Å². The van der Waals surface area contributed by atoms with E-state index in [4.69, 9.17) is 0 Å². The normalized spacial score (nSPS) is 10.7. The Balaban J connectivity index is 2.44. The SMILES string of the molecule is CC(C)=CCc1c(O)cc(C=O)c(C(=O)/C=C/c2ccc(O)cc2)c1O. The van der Waals surface area contributed by atoms with E-state index >= 15 is 0 Å². The molecule has 0 spiro atoms. The van der Waals surface area contributed by atoms with Crippen LogP contribution in [0.3, 0.4) is 0 Å². The van der Waals surface area contributed by atoms with Crippen LogP contribution in [0.2, 0.25) is 0 Å². The van der Waals surface area contributed by atoms with Crippen molar-refractivity contribution in [2.45, 2.75) is 20.3 Å². The molecule has 3 N–H and O–H groups in total. The van der Waals surface area contributed by atoms with E-state index in [1.807, 2.05) is 13.8 Å². The maximum atomic E-state index is 12.5. The average Bonchev–Trinajstić information content (AvgIpc) is 2.60. The van der Waals surface area contributed by atoms with Gasteiger partial charge in [0.25, 0.3) is 0 Å². The number of allylic oxidation sites excluding steroid dienone is 3. The number of aromatic hydroxyl groups is 3. The second kappa shape index (κ2) is 8.16. The van der Waals surface area contributed by atoms with Gasteiger partial charge in [-0.2, -0.15) is 0 Å². The summed E-state index contributed by atoms with van der Waals surface area (Å²) in [5, 5.41) is 29.8. The van der Waals surface area contributed by atoms with Crippen LogP contribution < -0.4 is 0 Å². The summed E-state index contributed by atoms with van der Waals surface area (Å²) in [6, 6.07) is 7.39. The van der Waals surface area contributed by atoms with Crippen molar-refractivity contribution in [1.29, 1.82) is 0 Å². The van der Waals surface area contributed by atoms with Gasteiger partial charge in [0.2, 0.25) is 0 Å². The van der Waals surface area contributed by atoms with Gasteiger partial charge in [-0.1, -0.05) is 29.9 Å². The molecule has 2 aromatic carbocycles. The fourth-order valence-electron chi connectivity index (χ4n) is 2.42. The predicted octanol–water partition coefficient (Wildman–Crippen LogP) is 4.02. The third-order valence-electron chi connectivity index (χ3n) is 3.82. The Labute approximate surface area is 151 Å². The van der Waals surface area contributed by atoms with Crippen molar-refractivity contribution in [3.05, 3.63) is 70.3 Å². The highest BCUT2D eigenvalue weighted by Crippen LogP contribution is 2.34. The van der Waals surface area contributed by atoms with E-state index in [2.05, 4.69) is 0 Å². The molecule has 0 heterocycles. The van der Waals surface area contributed by atoms with Gasteiger partial charge in [-0.15, -0.1) is 0 Å². The number of carbonyl (C=O) groups is 2. The van der Waals surface area contributed by atoms with Crippen LogP contribution in [-0.4, -0.2) is 27.4 Å². The zero-order valence-electron chi connectivity index (χ0n) is 14.6. The second-order valence-electron chi connectivity index (χ2n) is 6.08. The molecule has 134 valence electrons. The van der Waals surface area contributed by atoms with E-state index in [1.165, 1.54) is 30.4 Å². The Hall–Kier alpha value is -3.34. The molecule has 5 heteroatoms. The minimum atomic E-state index is -0.559. The third kappa shape index (κ3) is 4.39. The summed E-state index contributed by atoms with van der Waals surface area (Å²) in [5.41, 5.74) is 1.62. The summed E-state index contributed by atoms with van der Waals surface area (Å²) in [7, 11) is 0. The van der Waals surface area contributed by atoms with Crippen molar-refractivity contribution in [3.8, 4) is 17.2 Å². The number of aldehydes is 1. The van der Waals surface area contributed by atoms with Gasteiger partial charge in [0, 0.05) is 11.1 Å². The van der Waals surface area contributed by atoms with Crippen LogP contribution in [0, 0.1) is 0 Å². The van der Waals surface area contributed by atoms with Gasteiger partial charge in [0.1, 0.15) is 17.2 Å². The van der Waals surface area contributed by atoms with Crippen LogP contribution in [0.15, 0.2) is 48.1 Å². The number of ketones is 1. The lowest BCUT2D eigenvalue weighted by molar-refractivity contribution is 0.103. The molecule has 0 saturated heterocycles. The Morgan fingerprint density at radius 2 is 1.73 bits per heavy atom. The molecule has 0 atom stereocenters. The van der Waals surface area contributed by atoms with Gasteiger partial charge in [0.15, 0.2) is 12.1 Å². The Kier molecular flexibility index (Phi) is 5.96. The summed E-state index contributed by atoms with van der Waals surface area (Å²) in [6.45, 7) is 3.75. The standard InChI is InChI=1S/C21H20O5/c1-13(2)3-9-17-19(25)11-15(12-22)20(21(17)26)18(24)10-6-14-4-7-16(23)8-5-14/h3-8,10-12,23,25-26H,9H2,1-2H3/b10-6+. The van der Waals surface area contributed by atoms with Gasteiger partial charge >= 0.3 is 0 Å². The van der Waals surface area contributed by atoms with Crippen LogP contribution in [0.4, 0.5) is 0 Å².